The molecule has 9 nitrogen and oxygen atoms in total. The highest BCUT2D eigenvalue weighted by Gasteiger charge is 2.34. The molecule has 0 radical (unpaired) electrons. The molecule has 0 aliphatic rings. The van der Waals surface area contributed by atoms with Crippen LogP contribution in [0.3, 0.4) is 0 Å². The lowest BCUT2D eigenvalue weighted by Gasteiger charge is -2.26. The van der Waals surface area contributed by atoms with Crippen molar-refractivity contribution in [2.75, 3.05) is 19.0 Å². The molecule has 11 heteroatoms. The molecule has 0 spiro atoms. The maximum atomic E-state index is 12.9. The van der Waals surface area contributed by atoms with Crippen LogP contribution in [0.15, 0.2) is 35.2 Å². The van der Waals surface area contributed by atoms with Gasteiger partial charge >= 0.3 is 17.7 Å². The van der Waals surface area contributed by atoms with E-state index >= 15 is 0 Å². The van der Waals surface area contributed by atoms with Crippen LogP contribution in [0.25, 0.3) is 11.3 Å². The zero-order valence-corrected chi connectivity index (χ0v) is 16.8. The van der Waals surface area contributed by atoms with Gasteiger partial charge < -0.3 is 25.1 Å². The maximum Gasteiger partial charge on any atom is 0.321 e. The number of rotatable bonds is 7. The summed E-state index contributed by atoms with van der Waals surface area (Å²) in [4.78, 5) is 39.5. The van der Waals surface area contributed by atoms with Crippen LogP contribution in [0.1, 0.15) is 20.8 Å². The Bertz CT molecular complexity index is 924. The Kier molecular flexibility index (Phi) is 6.75. The minimum absolute atomic E-state index is 0.284. The molecule has 2 rings (SSSR count). The molecular formula is C19H22F2N4O5. The fourth-order valence-electron chi connectivity index (χ4n) is 2.37. The third-order valence-corrected chi connectivity index (χ3v) is 3.90. The summed E-state index contributed by atoms with van der Waals surface area (Å²) >= 11 is 0. The van der Waals surface area contributed by atoms with Crippen LogP contribution in [-0.2, 0) is 14.4 Å². The first-order valence-electron chi connectivity index (χ1n) is 8.79. The zero-order chi connectivity index (χ0) is 22.5. The van der Waals surface area contributed by atoms with E-state index in [-0.39, 0.29) is 12.2 Å². The van der Waals surface area contributed by atoms with Crippen molar-refractivity contribution in [2.45, 2.75) is 32.2 Å². The quantitative estimate of drug-likeness (QED) is 0.584. The molecule has 0 fully saturated rings. The fourth-order valence-corrected chi connectivity index (χ4v) is 2.37. The number of alkyl halides is 2. The number of benzene rings is 1. The van der Waals surface area contributed by atoms with Gasteiger partial charge in [0.25, 0.3) is 5.91 Å². The van der Waals surface area contributed by atoms with Gasteiger partial charge in [0, 0.05) is 25.2 Å². The number of hydrogen-bond donors (Lipinski definition) is 3. The molecule has 30 heavy (non-hydrogen) atoms. The number of anilines is 1. The van der Waals surface area contributed by atoms with Crippen molar-refractivity contribution in [2.24, 2.45) is 0 Å². The van der Waals surface area contributed by atoms with Gasteiger partial charge in [-0.1, -0.05) is 0 Å². The monoisotopic (exact) mass is 424 g/mol. The number of carbonyl (C=O) groups is 3. The molecule has 3 N–H and O–H groups in total. The van der Waals surface area contributed by atoms with Crippen molar-refractivity contribution in [3.8, 4) is 17.1 Å². The molecular weight excluding hydrogens is 402 g/mol. The number of aromatic nitrogens is 1. The molecule has 0 bridgehead atoms. The number of ether oxygens (including phenoxy) is 1. The van der Waals surface area contributed by atoms with Crippen LogP contribution in [-0.4, -0.2) is 47.8 Å². The molecule has 1 aromatic heterocycles. The molecule has 162 valence electrons. The van der Waals surface area contributed by atoms with Crippen molar-refractivity contribution in [3.05, 3.63) is 30.8 Å². The largest absolute Gasteiger partial charge is 0.496 e. The summed E-state index contributed by atoms with van der Waals surface area (Å²) in [6.45, 7) is 3.11. The number of carbonyl (C=O) groups excluding carboxylic acids is 3. The van der Waals surface area contributed by atoms with E-state index in [1.54, 1.807) is 12.1 Å². The van der Waals surface area contributed by atoms with Gasteiger partial charge in [-0.3, -0.25) is 14.4 Å². The average molecular weight is 424 g/mol. The van der Waals surface area contributed by atoms with E-state index in [4.69, 9.17) is 9.15 Å². The summed E-state index contributed by atoms with van der Waals surface area (Å²) in [6, 6.07) is 4.66. The lowest BCUT2D eigenvalue weighted by Crippen LogP contribution is -2.55. The fraction of sp³-hybridized carbons (Fsp3) is 0.368. The molecule has 0 saturated heterocycles. The minimum atomic E-state index is -3.55. The van der Waals surface area contributed by atoms with Crippen LogP contribution in [0.4, 0.5) is 14.5 Å². The topological polar surface area (TPSA) is 123 Å². The van der Waals surface area contributed by atoms with E-state index in [0.717, 1.165) is 0 Å². The lowest BCUT2D eigenvalue weighted by molar-refractivity contribution is -0.143. The second kappa shape index (κ2) is 8.89. The smallest absolute Gasteiger partial charge is 0.321 e. The Morgan fingerprint density at radius 3 is 2.43 bits per heavy atom. The first-order chi connectivity index (χ1) is 13.9. The minimum Gasteiger partial charge on any atom is -0.496 e. The van der Waals surface area contributed by atoms with Crippen LogP contribution in [0.5, 0.6) is 5.75 Å². The van der Waals surface area contributed by atoms with Gasteiger partial charge in [0.05, 0.1) is 24.4 Å². The third kappa shape index (κ3) is 6.00. The summed E-state index contributed by atoms with van der Waals surface area (Å²) in [5.41, 5.74) is -0.266. The van der Waals surface area contributed by atoms with Crippen molar-refractivity contribution in [1.82, 2.24) is 15.6 Å². The van der Waals surface area contributed by atoms with E-state index < -0.39 is 29.2 Å². The third-order valence-electron chi connectivity index (χ3n) is 3.90. The number of hydrogen-bond acceptors (Lipinski definition) is 6. The van der Waals surface area contributed by atoms with E-state index in [1.807, 2.05) is 5.32 Å². The Hall–Kier alpha value is -3.50. The Labute approximate surface area is 171 Å². The van der Waals surface area contributed by atoms with Crippen LogP contribution >= 0.6 is 0 Å². The average Bonchev–Trinajstić information content (AvgIpc) is 3.19. The molecule has 1 heterocycles. The standard InChI is InChI=1S/C19H22F2N4O5/c1-18(2,9-23-17(28)19(3,20)21)25-16(27)15(26)24-11-5-6-12(13(7-11)29-4)14-8-22-10-30-14/h5-8,10H,9H2,1-4H3,(H,23,28)(H,24,26)(H,25,27). The molecule has 0 aliphatic carbocycles. The van der Waals surface area contributed by atoms with E-state index in [0.29, 0.717) is 24.0 Å². The number of nitrogens with one attached hydrogen (secondary N) is 3. The summed E-state index contributed by atoms with van der Waals surface area (Å²) in [7, 11) is 1.43. The Morgan fingerprint density at radius 2 is 1.87 bits per heavy atom. The van der Waals surface area contributed by atoms with Crippen molar-refractivity contribution >= 4 is 23.4 Å². The van der Waals surface area contributed by atoms with Crippen LogP contribution < -0.4 is 20.7 Å². The van der Waals surface area contributed by atoms with E-state index in [2.05, 4.69) is 15.6 Å². The van der Waals surface area contributed by atoms with Gasteiger partial charge in [0.15, 0.2) is 12.2 Å². The van der Waals surface area contributed by atoms with Gasteiger partial charge in [-0.15, -0.1) is 0 Å². The number of nitrogens with zero attached hydrogens (tertiary/aromatic N) is 1. The highest BCUT2D eigenvalue weighted by atomic mass is 19.3. The maximum absolute atomic E-state index is 12.9. The Balaban J connectivity index is 2.00. The SMILES string of the molecule is COc1cc(NC(=O)C(=O)NC(C)(C)CNC(=O)C(C)(F)F)ccc1-c1cnco1. The lowest BCUT2D eigenvalue weighted by atomic mass is 10.1. The summed E-state index contributed by atoms with van der Waals surface area (Å²) in [6.07, 6.45) is 2.76. The molecule has 0 saturated carbocycles. The summed E-state index contributed by atoms with van der Waals surface area (Å²) in [5, 5.41) is 6.82. The molecule has 2 aromatic rings. The van der Waals surface area contributed by atoms with Gasteiger partial charge in [-0.25, -0.2) is 4.98 Å². The van der Waals surface area contributed by atoms with Crippen LogP contribution in [0, 0.1) is 0 Å². The number of halogens is 2. The predicted octanol–water partition coefficient (Wildman–Crippen LogP) is 1.95. The molecule has 0 atom stereocenters. The van der Waals surface area contributed by atoms with Gasteiger partial charge in [0.1, 0.15) is 5.75 Å². The second-order valence-corrected chi connectivity index (χ2v) is 7.14. The molecule has 3 amide bonds. The normalized spacial score (nSPS) is 11.5. The van der Waals surface area contributed by atoms with E-state index in [9.17, 15) is 23.2 Å². The van der Waals surface area contributed by atoms with Crippen LogP contribution in [0.2, 0.25) is 0 Å². The number of oxazole rings is 1. The molecule has 0 unspecified atom stereocenters. The zero-order valence-electron chi connectivity index (χ0n) is 16.8. The highest BCUT2D eigenvalue weighted by Crippen LogP contribution is 2.32. The van der Waals surface area contributed by atoms with Crippen molar-refractivity contribution in [3.63, 3.8) is 0 Å². The van der Waals surface area contributed by atoms with Gasteiger partial charge in [0.2, 0.25) is 0 Å². The van der Waals surface area contributed by atoms with Gasteiger partial charge in [-0.05, 0) is 26.0 Å². The highest BCUT2D eigenvalue weighted by molar-refractivity contribution is 6.39. The van der Waals surface area contributed by atoms with Gasteiger partial charge in [-0.2, -0.15) is 8.78 Å². The summed E-state index contributed by atoms with van der Waals surface area (Å²) < 4.78 is 36.3. The molecule has 0 aliphatic heterocycles. The predicted molar refractivity (Wildman–Crippen MR) is 103 cm³/mol. The first-order valence-corrected chi connectivity index (χ1v) is 8.79. The van der Waals surface area contributed by atoms with E-state index in [1.165, 1.54) is 39.6 Å². The number of amides is 3. The summed E-state index contributed by atoms with van der Waals surface area (Å²) in [5.74, 6) is -6.17. The second-order valence-electron chi connectivity index (χ2n) is 7.14. The van der Waals surface area contributed by atoms with Crippen molar-refractivity contribution < 1.29 is 32.3 Å². The first kappa shape index (κ1) is 22.8. The Morgan fingerprint density at radius 1 is 1.17 bits per heavy atom. The number of methoxy groups -OCH3 is 1. The van der Waals surface area contributed by atoms with Crippen molar-refractivity contribution in [1.29, 1.82) is 0 Å². The molecule has 1 aromatic carbocycles.